The number of hydrogen-bond donors (Lipinski definition) is 0. The summed E-state index contributed by atoms with van der Waals surface area (Å²) < 4.78 is 33.2. The number of benzene rings is 1. The van der Waals surface area contributed by atoms with Crippen LogP contribution >= 0.6 is 23.2 Å². The first kappa shape index (κ1) is 25.2. The summed E-state index contributed by atoms with van der Waals surface area (Å²) in [5.74, 6) is -0.261. The van der Waals surface area contributed by atoms with E-state index in [1.165, 1.54) is 22.5 Å². The highest BCUT2D eigenvalue weighted by Crippen LogP contribution is 2.38. The van der Waals surface area contributed by atoms with Gasteiger partial charge in [0.2, 0.25) is 10.0 Å². The molecule has 184 valence electrons. The predicted octanol–water partition coefficient (Wildman–Crippen LogP) is 3.21. The molecule has 0 radical (unpaired) electrons. The minimum atomic E-state index is -3.82. The summed E-state index contributed by atoms with van der Waals surface area (Å²) in [6.07, 6.45) is 3.08. The van der Waals surface area contributed by atoms with E-state index in [1.54, 1.807) is 4.90 Å². The lowest BCUT2D eigenvalue weighted by Gasteiger charge is -2.36. The fourth-order valence-corrected chi connectivity index (χ4v) is 6.71. The number of carbonyl (C=O) groups is 1. The second-order valence-corrected chi connectivity index (χ2v) is 11.5. The van der Waals surface area contributed by atoms with Crippen molar-refractivity contribution in [2.75, 3.05) is 32.8 Å². The van der Waals surface area contributed by atoms with E-state index < -0.39 is 15.6 Å². The van der Waals surface area contributed by atoms with Crippen LogP contribution in [0.5, 0.6) is 0 Å². The van der Waals surface area contributed by atoms with Crippen molar-refractivity contribution < 1.29 is 22.8 Å². The van der Waals surface area contributed by atoms with E-state index >= 15 is 0 Å². The Kier molecular flexibility index (Phi) is 7.69. The highest BCUT2D eigenvalue weighted by Gasteiger charge is 2.46. The summed E-state index contributed by atoms with van der Waals surface area (Å²) in [6, 6.07) is 6.42. The van der Waals surface area contributed by atoms with Crippen molar-refractivity contribution in [2.24, 2.45) is 5.16 Å². The number of amides is 1. The smallest absolute Gasteiger partial charge is 0.271 e. The largest absolute Gasteiger partial charge is 0.388 e. The number of nitriles is 1. The van der Waals surface area contributed by atoms with E-state index in [2.05, 4.69) is 11.2 Å². The van der Waals surface area contributed by atoms with Gasteiger partial charge in [0.25, 0.3) is 5.91 Å². The Morgan fingerprint density at radius 1 is 1.32 bits per heavy atom. The van der Waals surface area contributed by atoms with Gasteiger partial charge in [-0.2, -0.15) is 9.57 Å². The molecule has 12 heteroatoms. The molecule has 2 saturated heterocycles. The average Bonchev–Trinajstić information content (AvgIpc) is 3.48. The Balaban J connectivity index is 1.39. The summed E-state index contributed by atoms with van der Waals surface area (Å²) in [4.78, 5) is 20.5. The van der Waals surface area contributed by atoms with Gasteiger partial charge in [0, 0.05) is 57.1 Å². The Bertz CT molecular complexity index is 1110. The number of ether oxygens (including phenoxy) is 1. The van der Waals surface area contributed by atoms with E-state index in [-0.39, 0.29) is 46.5 Å². The molecular formula is C22H26Cl2N4O5S. The number of rotatable bonds is 7. The molecule has 3 aliphatic rings. The molecule has 0 aromatic heterocycles. The first-order valence-corrected chi connectivity index (χ1v) is 13.4. The molecule has 0 aliphatic carbocycles. The molecule has 2 fully saturated rings. The van der Waals surface area contributed by atoms with Crippen LogP contribution in [0.3, 0.4) is 0 Å². The predicted molar refractivity (Wildman–Crippen MR) is 126 cm³/mol. The van der Waals surface area contributed by atoms with Crippen molar-refractivity contribution in [3.63, 3.8) is 0 Å². The molecule has 34 heavy (non-hydrogen) atoms. The second-order valence-electron chi connectivity index (χ2n) is 8.76. The number of nitrogens with zero attached hydrogens (tertiary/aromatic N) is 4. The zero-order valence-corrected chi connectivity index (χ0v) is 20.9. The van der Waals surface area contributed by atoms with Gasteiger partial charge in [-0.1, -0.05) is 28.4 Å². The molecule has 1 aromatic rings. The molecule has 1 atom stereocenters. The van der Waals surface area contributed by atoms with E-state index in [1.807, 2.05) is 0 Å². The first-order valence-electron chi connectivity index (χ1n) is 11.2. The van der Waals surface area contributed by atoms with Gasteiger partial charge in [0.1, 0.15) is 16.2 Å². The molecule has 0 N–H and O–H groups in total. The van der Waals surface area contributed by atoms with Gasteiger partial charge in [0.05, 0.1) is 23.6 Å². The topological polar surface area (TPSA) is 112 Å². The van der Waals surface area contributed by atoms with Gasteiger partial charge in [-0.25, -0.2) is 8.42 Å². The summed E-state index contributed by atoms with van der Waals surface area (Å²) >= 11 is 12.1. The minimum absolute atomic E-state index is 0.0284. The molecular weight excluding hydrogens is 503 g/mol. The molecule has 3 aliphatic heterocycles. The summed E-state index contributed by atoms with van der Waals surface area (Å²) in [7, 11) is -3.82. The monoisotopic (exact) mass is 528 g/mol. The number of sulfonamides is 1. The number of carbonyl (C=O) groups excluding carboxylic acids is 1. The molecule has 1 unspecified atom stereocenters. The number of oxime groups is 1. The fraction of sp³-hybridized carbons (Fsp3) is 0.591. The van der Waals surface area contributed by atoms with Crippen molar-refractivity contribution in [1.29, 1.82) is 5.26 Å². The lowest BCUT2D eigenvalue weighted by molar-refractivity contribution is -0.125. The highest BCUT2D eigenvalue weighted by molar-refractivity contribution is 7.89. The standard InChI is InChI=1S/C22H26Cl2N4O5S/c23-16-4-5-18(24)20(13-16)34(30,31)28-10-6-22(7-11-28)14-19(26-33-22)21(29)27(9-2-8-25)15-17-3-1-12-32-17/h4-5,13,17H,1-3,6-7,9-12,14-15H2. The van der Waals surface area contributed by atoms with Gasteiger partial charge in [-0.05, 0) is 31.0 Å². The molecule has 1 amide bonds. The van der Waals surface area contributed by atoms with Crippen LogP contribution in [0.15, 0.2) is 28.3 Å². The van der Waals surface area contributed by atoms with Crippen molar-refractivity contribution in [1.82, 2.24) is 9.21 Å². The van der Waals surface area contributed by atoms with Crippen LogP contribution in [0, 0.1) is 11.3 Å². The van der Waals surface area contributed by atoms with Gasteiger partial charge in [-0.15, -0.1) is 0 Å². The SMILES string of the molecule is N#CCCN(CC1CCCO1)C(=O)C1=NOC2(CCN(S(=O)(=O)c3cc(Cl)ccc3Cl)CC2)C1. The maximum absolute atomic E-state index is 13.2. The molecule has 3 heterocycles. The quantitative estimate of drug-likeness (QED) is 0.536. The molecule has 1 spiro atoms. The third kappa shape index (κ3) is 5.34. The van der Waals surface area contributed by atoms with Crippen LogP contribution in [0.2, 0.25) is 10.0 Å². The van der Waals surface area contributed by atoms with Gasteiger partial charge in [-0.3, -0.25) is 4.79 Å². The lowest BCUT2D eigenvalue weighted by atomic mass is 9.87. The van der Waals surface area contributed by atoms with Gasteiger partial charge in [0.15, 0.2) is 0 Å². The molecule has 4 rings (SSSR count). The van der Waals surface area contributed by atoms with Crippen LogP contribution in [-0.2, 0) is 24.4 Å². The molecule has 1 aromatic carbocycles. The van der Waals surface area contributed by atoms with E-state index in [9.17, 15) is 13.2 Å². The van der Waals surface area contributed by atoms with Crippen LogP contribution in [-0.4, -0.2) is 73.7 Å². The van der Waals surface area contributed by atoms with Gasteiger partial charge < -0.3 is 14.5 Å². The normalized spacial score (nSPS) is 22.3. The fourth-order valence-electron chi connectivity index (χ4n) is 4.53. The second kappa shape index (κ2) is 10.4. The number of hydrogen-bond acceptors (Lipinski definition) is 7. The Morgan fingerprint density at radius 3 is 2.76 bits per heavy atom. The van der Waals surface area contributed by atoms with Crippen LogP contribution in [0.4, 0.5) is 0 Å². The first-order chi connectivity index (χ1) is 16.2. The van der Waals surface area contributed by atoms with E-state index in [0.29, 0.717) is 44.7 Å². The van der Waals surface area contributed by atoms with E-state index in [0.717, 1.165) is 12.8 Å². The summed E-state index contributed by atoms with van der Waals surface area (Å²) in [6.45, 7) is 1.80. The minimum Gasteiger partial charge on any atom is -0.388 e. The number of piperidine rings is 1. The third-order valence-corrected chi connectivity index (χ3v) is 9.07. The van der Waals surface area contributed by atoms with Crippen LogP contribution < -0.4 is 0 Å². The summed E-state index contributed by atoms with van der Waals surface area (Å²) in [5.41, 5.74) is -0.426. The maximum Gasteiger partial charge on any atom is 0.271 e. The zero-order valence-electron chi connectivity index (χ0n) is 18.6. The highest BCUT2D eigenvalue weighted by atomic mass is 35.5. The van der Waals surface area contributed by atoms with Crippen LogP contribution in [0.1, 0.15) is 38.5 Å². The van der Waals surface area contributed by atoms with Crippen LogP contribution in [0.25, 0.3) is 0 Å². The zero-order chi connectivity index (χ0) is 24.3. The summed E-state index contributed by atoms with van der Waals surface area (Å²) in [5, 5.41) is 13.5. The van der Waals surface area contributed by atoms with Crippen molar-refractivity contribution >= 4 is 44.8 Å². The Labute approximate surface area is 209 Å². The maximum atomic E-state index is 13.2. The van der Waals surface area contributed by atoms with Gasteiger partial charge >= 0.3 is 0 Å². The van der Waals surface area contributed by atoms with E-state index in [4.69, 9.17) is 38.0 Å². The molecule has 0 saturated carbocycles. The third-order valence-electron chi connectivity index (χ3n) is 6.46. The Morgan fingerprint density at radius 2 is 2.09 bits per heavy atom. The van der Waals surface area contributed by atoms with Crippen molar-refractivity contribution in [2.45, 2.75) is 55.1 Å². The average molecular weight is 529 g/mol. The van der Waals surface area contributed by atoms with Crippen molar-refractivity contribution in [3.05, 3.63) is 28.2 Å². The molecule has 9 nitrogen and oxygen atoms in total. The number of halogens is 2. The Hall–Kier alpha value is -1.90. The lowest BCUT2D eigenvalue weighted by Crippen LogP contribution is -2.48. The molecule has 0 bridgehead atoms. The van der Waals surface area contributed by atoms with Crippen molar-refractivity contribution in [3.8, 4) is 6.07 Å².